The van der Waals surface area contributed by atoms with E-state index in [9.17, 15) is 9.59 Å². The summed E-state index contributed by atoms with van der Waals surface area (Å²) in [5, 5.41) is 43.2. The van der Waals surface area contributed by atoms with E-state index < -0.39 is 11.2 Å². The molecule has 0 aliphatic carbocycles. The van der Waals surface area contributed by atoms with Gasteiger partial charge in [-0.25, -0.2) is 9.78 Å². The zero-order valence-corrected chi connectivity index (χ0v) is 32.7. The van der Waals surface area contributed by atoms with Gasteiger partial charge in [0, 0.05) is 0 Å². The highest BCUT2D eigenvalue weighted by molar-refractivity contribution is 5.72. The summed E-state index contributed by atoms with van der Waals surface area (Å²) in [7, 11) is 0. The second-order valence-corrected chi connectivity index (χ2v) is 13.3. The van der Waals surface area contributed by atoms with Crippen molar-refractivity contribution in [2.24, 2.45) is 0 Å². The van der Waals surface area contributed by atoms with Gasteiger partial charge in [0.1, 0.15) is 46.3 Å². The Morgan fingerprint density at radius 3 is 0.879 bits per heavy atom. The van der Waals surface area contributed by atoms with Gasteiger partial charge in [-0.05, 0) is 121 Å². The summed E-state index contributed by atoms with van der Waals surface area (Å²) in [5.74, 6) is 0.994. The van der Waals surface area contributed by atoms with Crippen LogP contribution in [-0.2, 0) is 40.8 Å². The van der Waals surface area contributed by atoms with Gasteiger partial charge in [-0.1, -0.05) is 138 Å². The molecular formula is C48H86O10+2. The van der Waals surface area contributed by atoms with Gasteiger partial charge >= 0.3 is 2.85 Å². The first-order valence-corrected chi connectivity index (χ1v) is 16.4. The van der Waals surface area contributed by atoms with Gasteiger partial charge in [0.25, 0.3) is 0 Å². The third-order valence-electron chi connectivity index (χ3n) is 5.98. The van der Waals surface area contributed by atoms with E-state index in [1.165, 1.54) is 64.4 Å². The Morgan fingerprint density at radius 2 is 0.672 bits per heavy atom. The number of carbonyl (C=O) groups is 3. The molecule has 0 aromatic heterocycles. The molecule has 0 aliphatic heterocycles. The molecule has 0 saturated carbocycles. The maximum absolute atomic E-state index is 9.44. The summed E-state index contributed by atoms with van der Waals surface area (Å²) in [5.41, 5.74) is 2.11. The second kappa shape index (κ2) is 40.3. The quantitative estimate of drug-likeness (QED) is 0.0577. The van der Waals surface area contributed by atoms with Crippen LogP contribution in [0.15, 0.2) is 109 Å². The molecule has 58 heavy (non-hydrogen) atoms. The monoisotopic (exact) mass is 823 g/mol. The molecule has 4 aromatic carbocycles. The smallest absolute Gasteiger partial charge is 0.508 e. The Labute approximate surface area is 357 Å². The molecule has 10 heteroatoms. The summed E-state index contributed by atoms with van der Waals surface area (Å²) in [6, 6.07) is 32.1. The topological polar surface area (TPSA) is 171 Å². The van der Waals surface area contributed by atoms with Crippen molar-refractivity contribution in [2.45, 2.75) is 144 Å². The molecule has 0 radical (unpaired) electrons. The number of hydrogen-bond donors (Lipinski definition) is 5. The van der Waals surface area contributed by atoms with Gasteiger partial charge in [0.05, 0.1) is 0 Å². The number of hydrogen-bond acceptors (Lipinski definition) is 10. The number of phenols is 3. The van der Waals surface area contributed by atoms with E-state index in [1.807, 2.05) is 76.2 Å². The second-order valence-electron chi connectivity index (χ2n) is 13.3. The lowest BCUT2D eigenvalue weighted by Crippen LogP contribution is -2.20. The summed E-state index contributed by atoms with van der Waals surface area (Å²) < 4.78 is 0. The summed E-state index contributed by atoms with van der Waals surface area (Å²) >= 11 is 0. The Balaban J connectivity index is -0.0000000537. The van der Waals surface area contributed by atoms with Crippen LogP contribution >= 0.6 is 0 Å². The largest absolute Gasteiger partial charge is 1.00 e. The average molecular weight is 823 g/mol. The molecule has 0 aliphatic rings. The Bertz CT molecular complexity index is 1450. The molecule has 0 heterocycles. The fourth-order valence-electron chi connectivity index (χ4n) is 3.20. The lowest BCUT2D eigenvalue weighted by Gasteiger charge is -2.23. The number of aldehydes is 1. The van der Waals surface area contributed by atoms with Crippen LogP contribution in [0, 0.1) is 0 Å². The molecule has 10 nitrogen and oxygen atoms in total. The number of rotatable bonds is 4. The minimum Gasteiger partial charge on any atom is -0.508 e. The molecule has 0 spiro atoms. The molecule has 0 atom stereocenters. The number of phenolic OH excluding ortho intramolecular Hbond substituents is 3. The van der Waals surface area contributed by atoms with Crippen LogP contribution in [0.1, 0.15) is 147 Å². The number of benzene rings is 4. The Kier molecular flexibility index (Phi) is 51.6. The molecule has 0 saturated heterocycles. The lowest BCUT2D eigenvalue weighted by molar-refractivity contribution is -0.318. The number of para-hydroxylation sites is 1. The number of carbonyl (C=O) groups excluding carboxylic acids is 3. The van der Waals surface area contributed by atoms with Crippen LogP contribution < -0.4 is 0 Å². The highest BCUT2D eigenvalue weighted by atomic mass is 17.1. The molecule has 4 aromatic rings. The van der Waals surface area contributed by atoms with E-state index in [0.29, 0.717) is 5.75 Å². The van der Waals surface area contributed by atoms with Crippen LogP contribution in [0.5, 0.6) is 17.2 Å². The molecule has 0 amide bonds. The predicted molar refractivity (Wildman–Crippen MR) is 250 cm³/mol. The summed E-state index contributed by atoms with van der Waals surface area (Å²) in [6.07, 6.45) is 0.750. The van der Waals surface area contributed by atoms with Crippen molar-refractivity contribution < 1.29 is 52.8 Å². The van der Waals surface area contributed by atoms with Crippen LogP contribution in [-0.4, -0.2) is 43.7 Å². The Hall–Kier alpha value is -4.87. The molecule has 336 valence electrons. The van der Waals surface area contributed by atoms with Gasteiger partial charge in [-0.3, -0.25) is 10.5 Å². The normalized spacial score (nSPS) is 8.93. The molecule has 0 bridgehead atoms. The van der Waals surface area contributed by atoms with E-state index in [4.69, 9.17) is 30.6 Å². The zero-order chi connectivity index (χ0) is 41.0. The van der Waals surface area contributed by atoms with Gasteiger partial charge in [-0.15, -0.1) is 0 Å². The van der Waals surface area contributed by atoms with Crippen LogP contribution in [0.2, 0.25) is 0 Å². The van der Waals surface area contributed by atoms with Gasteiger partial charge in [-0.2, -0.15) is 0 Å². The highest BCUT2D eigenvalue weighted by Crippen LogP contribution is 2.28. The Morgan fingerprint density at radius 1 is 0.466 bits per heavy atom. The number of aromatic hydroxyl groups is 3. The van der Waals surface area contributed by atoms with Crippen molar-refractivity contribution in [3.63, 3.8) is 0 Å². The van der Waals surface area contributed by atoms with Crippen LogP contribution in [0.3, 0.4) is 0 Å². The summed E-state index contributed by atoms with van der Waals surface area (Å²) in [6.45, 7) is 21.4. The molecule has 4 rings (SSSR count). The van der Waals surface area contributed by atoms with E-state index in [-0.39, 0.29) is 75.9 Å². The van der Waals surface area contributed by atoms with Crippen molar-refractivity contribution in [1.82, 2.24) is 0 Å². The van der Waals surface area contributed by atoms with Gasteiger partial charge in [0.2, 0.25) is 0 Å². The maximum atomic E-state index is 9.44. The first kappa shape index (κ1) is 74.1. The fourth-order valence-corrected chi connectivity index (χ4v) is 3.20. The van der Waals surface area contributed by atoms with Gasteiger partial charge < -0.3 is 29.7 Å². The minimum atomic E-state index is -0.642. The third-order valence-corrected chi connectivity index (χ3v) is 5.98. The van der Waals surface area contributed by atoms with Crippen LogP contribution in [0.4, 0.5) is 0 Å². The van der Waals surface area contributed by atoms with E-state index >= 15 is 0 Å². The van der Waals surface area contributed by atoms with Crippen molar-refractivity contribution in [1.29, 1.82) is 0 Å². The predicted octanol–water partition coefficient (Wildman–Crippen LogP) is 14.0. The third kappa shape index (κ3) is 42.3. The van der Waals surface area contributed by atoms with E-state index in [0.717, 1.165) is 17.4 Å². The zero-order valence-electron chi connectivity index (χ0n) is 34.7. The maximum Gasteiger partial charge on any atom is 1.00 e. The van der Waals surface area contributed by atoms with E-state index in [2.05, 4.69) is 42.7 Å². The first-order valence-electron chi connectivity index (χ1n) is 16.4. The average Bonchev–Trinajstić information content (AvgIpc) is 3.07. The van der Waals surface area contributed by atoms with Crippen molar-refractivity contribution in [3.8, 4) is 17.2 Å². The lowest BCUT2D eigenvalue weighted by atomic mass is 9.85. The van der Waals surface area contributed by atoms with Crippen molar-refractivity contribution >= 4 is 17.9 Å². The minimum absolute atomic E-state index is 0. The fraction of sp³-hybridized carbons (Fsp3) is 0.438. The number of Topliss-reactive ketones (excluding diaryl/α,β-unsaturated/α-hetero) is 2. The van der Waals surface area contributed by atoms with Crippen molar-refractivity contribution in [2.75, 3.05) is 0 Å². The first-order chi connectivity index (χ1) is 24.0. The van der Waals surface area contributed by atoms with Crippen molar-refractivity contribution in [3.05, 3.63) is 126 Å². The standard InChI is InChI=1S/C13H20O2.C9H12O2.C6H6O2.C6H6O.2C3H6O.C2H4O.6CH4/c1-12(2,3)10-6-8-11(9-7-10)13(4,5)15-14;1-9(2,11-10)8-6-4-3-5-7-8;7-5-1-2-6(8)4-3-5;7-6-4-2-1-3-5-6;2*1-3(2)4;1-2-3;;;;;;/h6-9,14H,1-5H3;3-7,10H,1-2H3;1-4,7-8H;1-5,7H;2*1-2H3;2H,1H3;6*1H4/p+2. The van der Waals surface area contributed by atoms with Gasteiger partial charge in [0.15, 0.2) is 0 Å². The number of ketones is 2. The SMILES string of the molecule is C.C.C.C.C.C.CC(C)(C)c1ccc(C(C)(C)OO)cc1.CC(C)(OO)c1ccccc1.CC(C)=O.CC(C)=O.CC=O.Oc1ccc(O)cc1.Oc1ccccc1.[H+].[H+]. The molecule has 0 unspecified atom stereocenters. The molecular weight excluding hydrogens is 737 g/mol. The summed E-state index contributed by atoms with van der Waals surface area (Å²) in [4.78, 5) is 36.5. The molecule has 0 fully saturated rings. The van der Waals surface area contributed by atoms with E-state index in [1.54, 1.807) is 24.3 Å². The van der Waals surface area contributed by atoms with Crippen LogP contribution in [0.25, 0.3) is 0 Å². The molecule has 5 N–H and O–H groups in total. The highest BCUT2D eigenvalue weighted by Gasteiger charge is 2.22.